The topological polar surface area (TPSA) is 87.2 Å². The SMILES string of the molecule is C=CCN(CCCCC)C(=O)C1N([C@@H](CO)[C@@H](C)CC)C(=O)[C@@H]2[C@H](C(=O)OCC)[C@]3(C)CCC12S3. The maximum Gasteiger partial charge on any atom is 0.311 e. The van der Waals surface area contributed by atoms with Gasteiger partial charge in [0.25, 0.3) is 0 Å². The molecule has 7 nitrogen and oxygen atoms in total. The van der Waals surface area contributed by atoms with Crippen LogP contribution in [-0.4, -0.2) is 80.6 Å². The average molecular weight is 509 g/mol. The van der Waals surface area contributed by atoms with Crippen LogP contribution in [0.25, 0.3) is 0 Å². The van der Waals surface area contributed by atoms with Crippen LogP contribution in [0.4, 0.5) is 0 Å². The summed E-state index contributed by atoms with van der Waals surface area (Å²) in [6.07, 6.45) is 6.92. The maximum absolute atomic E-state index is 14.3. The van der Waals surface area contributed by atoms with Gasteiger partial charge in [0.05, 0.1) is 35.8 Å². The quantitative estimate of drug-likeness (QED) is 0.232. The first-order valence-corrected chi connectivity index (χ1v) is 14.2. The lowest BCUT2D eigenvalue weighted by Gasteiger charge is -2.41. The number of hydrogen-bond donors (Lipinski definition) is 1. The average Bonchev–Trinajstić information content (AvgIpc) is 3.40. The van der Waals surface area contributed by atoms with E-state index in [0.717, 1.165) is 32.1 Å². The number of nitrogens with zero attached hydrogens (tertiary/aromatic N) is 2. The van der Waals surface area contributed by atoms with Gasteiger partial charge in [0, 0.05) is 17.8 Å². The van der Waals surface area contributed by atoms with E-state index < -0.39 is 33.4 Å². The molecule has 0 saturated carbocycles. The van der Waals surface area contributed by atoms with E-state index in [1.54, 1.807) is 29.7 Å². The summed E-state index contributed by atoms with van der Waals surface area (Å²) in [5, 5.41) is 10.4. The van der Waals surface area contributed by atoms with Gasteiger partial charge in [-0.1, -0.05) is 46.1 Å². The minimum absolute atomic E-state index is 0.0150. The van der Waals surface area contributed by atoms with E-state index in [1.807, 2.05) is 25.7 Å². The Hall–Kier alpha value is -1.54. The number of carbonyl (C=O) groups excluding carboxylic acids is 3. The summed E-state index contributed by atoms with van der Waals surface area (Å²) >= 11 is 1.65. The molecule has 7 atom stereocenters. The van der Waals surface area contributed by atoms with Gasteiger partial charge in [-0.3, -0.25) is 14.4 Å². The lowest BCUT2D eigenvalue weighted by atomic mass is 9.66. The number of aliphatic hydroxyl groups excluding tert-OH is 1. The zero-order chi connectivity index (χ0) is 26.0. The van der Waals surface area contributed by atoms with Gasteiger partial charge in [-0.05, 0) is 39.0 Å². The number of likely N-dealkylation sites (tertiary alicyclic amines) is 1. The standard InChI is InChI=1S/C27H44N2O5S/c1-7-11-12-16-28(15-8-2)24(32)22-27-14-13-26(6,35-27)21(25(33)34-10-4)20(27)23(31)29(22)19(17-30)18(5)9-3/h8,18-22,30H,2,7,9-17H2,1,3-6H3/t18-,19-,20-,21+,22?,26-,27?/m0/s1. The summed E-state index contributed by atoms with van der Waals surface area (Å²) in [6.45, 7) is 14.9. The Bertz CT molecular complexity index is 821. The van der Waals surface area contributed by atoms with Crippen molar-refractivity contribution in [3.8, 4) is 0 Å². The molecule has 0 aliphatic carbocycles. The van der Waals surface area contributed by atoms with Gasteiger partial charge in [-0.25, -0.2) is 0 Å². The predicted octanol–water partition coefficient (Wildman–Crippen LogP) is 3.64. The highest BCUT2D eigenvalue weighted by atomic mass is 32.2. The molecular weight excluding hydrogens is 464 g/mol. The molecule has 0 aromatic rings. The van der Waals surface area contributed by atoms with Crippen LogP contribution >= 0.6 is 11.8 Å². The van der Waals surface area contributed by atoms with E-state index in [0.29, 0.717) is 19.5 Å². The minimum Gasteiger partial charge on any atom is -0.466 e. The predicted molar refractivity (Wildman–Crippen MR) is 139 cm³/mol. The van der Waals surface area contributed by atoms with E-state index in [9.17, 15) is 19.5 Å². The van der Waals surface area contributed by atoms with Crippen LogP contribution < -0.4 is 0 Å². The second-order valence-electron chi connectivity index (χ2n) is 10.6. The number of fused-ring (bicyclic) bond motifs is 1. The van der Waals surface area contributed by atoms with Crippen LogP contribution in [0.1, 0.15) is 73.1 Å². The summed E-state index contributed by atoms with van der Waals surface area (Å²) < 4.78 is 4.33. The Labute approximate surface area is 215 Å². The van der Waals surface area contributed by atoms with Gasteiger partial charge in [0.1, 0.15) is 6.04 Å². The highest BCUT2D eigenvalue weighted by Crippen LogP contribution is 2.72. The molecule has 0 radical (unpaired) electrons. The number of hydrogen-bond acceptors (Lipinski definition) is 6. The Morgan fingerprint density at radius 2 is 2.03 bits per heavy atom. The summed E-state index contributed by atoms with van der Waals surface area (Å²) in [5.74, 6) is -1.79. The molecule has 3 heterocycles. The zero-order valence-electron chi connectivity index (χ0n) is 22.1. The first-order chi connectivity index (χ1) is 16.7. The third-order valence-electron chi connectivity index (χ3n) is 8.53. The van der Waals surface area contributed by atoms with Gasteiger partial charge in [-0.15, -0.1) is 18.3 Å². The molecule has 35 heavy (non-hydrogen) atoms. The molecular formula is C27H44N2O5S. The van der Waals surface area contributed by atoms with Gasteiger partial charge in [0.15, 0.2) is 0 Å². The van der Waals surface area contributed by atoms with Crippen molar-refractivity contribution in [2.75, 3.05) is 26.3 Å². The van der Waals surface area contributed by atoms with Crippen LogP contribution in [0.2, 0.25) is 0 Å². The molecule has 3 saturated heterocycles. The lowest BCUT2D eigenvalue weighted by Crippen LogP contribution is -2.58. The number of aliphatic hydroxyl groups is 1. The molecule has 1 N–H and O–H groups in total. The molecule has 3 rings (SSSR count). The Morgan fingerprint density at radius 3 is 2.60 bits per heavy atom. The van der Waals surface area contributed by atoms with E-state index in [1.165, 1.54) is 0 Å². The smallest absolute Gasteiger partial charge is 0.311 e. The third-order valence-corrected chi connectivity index (χ3v) is 10.5. The maximum atomic E-state index is 14.3. The second-order valence-corrected chi connectivity index (χ2v) is 12.5. The fourth-order valence-electron chi connectivity index (χ4n) is 6.58. The van der Waals surface area contributed by atoms with Crippen LogP contribution in [-0.2, 0) is 19.1 Å². The van der Waals surface area contributed by atoms with Crippen molar-refractivity contribution < 1.29 is 24.2 Å². The molecule has 0 aromatic carbocycles. The van der Waals surface area contributed by atoms with Gasteiger partial charge >= 0.3 is 5.97 Å². The lowest BCUT2D eigenvalue weighted by molar-refractivity contribution is -0.156. The first-order valence-electron chi connectivity index (χ1n) is 13.4. The molecule has 2 unspecified atom stereocenters. The Balaban J connectivity index is 2.10. The molecule has 3 fully saturated rings. The van der Waals surface area contributed by atoms with Crippen molar-refractivity contribution >= 4 is 29.5 Å². The number of rotatable bonds is 13. The minimum atomic E-state index is -0.709. The van der Waals surface area contributed by atoms with Gasteiger partial charge in [-0.2, -0.15) is 0 Å². The van der Waals surface area contributed by atoms with Crippen molar-refractivity contribution in [3.05, 3.63) is 12.7 Å². The van der Waals surface area contributed by atoms with E-state index in [4.69, 9.17) is 4.74 Å². The normalized spacial score (nSPS) is 32.9. The molecule has 3 aliphatic rings. The van der Waals surface area contributed by atoms with Crippen LogP contribution in [0.15, 0.2) is 12.7 Å². The van der Waals surface area contributed by atoms with E-state index in [-0.39, 0.29) is 36.9 Å². The van der Waals surface area contributed by atoms with Crippen LogP contribution in [0.5, 0.6) is 0 Å². The molecule has 198 valence electrons. The van der Waals surface area contributed by atoms with Crippen molar-refractivity contribution in [2.24, 2.45) is 17.8 Å². The summed E-state index contributed by atoms with van der Waals surface area (Å²) in [5.41, 5.74) is 0. The monoisotopic (exact) mass is 508 g/mol. The highest BCUT2D eigenvalue weighted by molar-refractivity contribution is 8.02. The third kappa shape index (κ3) is 4.65. The number of unbranched alkanes of at least 4 members (excludes halogenated alkanes) is 2. The summed E-state index contributed by atoms with van der Waals surface area (Å²) in [7, 11) is 0. The van der Waals surface area contributed by atoms with E-state index in [2.05, 4.69) is 13.5 Å². The van der Waals surface area contributed by atoms with E-state index >= 15 is 0 Å². The molecule has 8 heteroatoms. The van der Waals surface area contributed by atoms with Crippen LogP contribution in [0, 0.1) is 17.8 Å². The molecule has 3 aliphatic heterocycles. The number of ether oxygens (including phenoxy) is 1. The van der Waals surface area contributed by atoms with Gasteiger partial charge < -0.3 is 19.6 Å². The van der Waals surface area contributed by atoms with Crippen molar-refractivity contribution in [1.82, 2.24) is 9.80 Å². The number of thioether (sulfide) groups is 1. The second kappa shape index (κ2) is 11.2. The number of carbonyl (C=O) groups is 3. The molecule has 1 spiro atoms. The fraction of sp³-hybridized carbons (Fsp3) is 0.815. The molecule has 2 bridgehead atoms. The molecule has 2 amide bonds. The largest absolute Gasteiger partial charge is 0.466 e. The van der Waals surface area contributed by atoms with Gasteiger partial charge in [0.2, 0.25) is 11.8 Å². The Kier molecular flexibility index (Phi) is 9.01. The molecule has 0 aromatic heterocycles. The highest BCUT2D eigenvalue weighted by Gasteiger charge is 2.78. The Morgan fingerprint density at radius 1 is 1.31 bits per heavy atom. The number of amides is 2. The van der Waals surface area contributed by atoms with Crippen molar-refractivity contribution in [3.63, 3.8) is 0 Å². The first kappa shape index (κ1) is 28.0. The van der Waals surface area contributed by atoms with Crippen LogP contribution in [0.3, 0.4) is 0 Å². The van der Waals surface area contributed by atoms with Crippen molar-refractivity contribution in [2.45, 2.75) is 94.7 Å². The fourth-order valence-corrected chi connectivity index (χ4v) is 8.90. The van der Waals surface area contributed by atoms with Crippen molar-refractivity contribution in [1.29, 1.82) is 0 Å². The summed E-state index contributed by atoms with van der Waals surface area (Å²) in [4.78, 5) is 45.2. The number of esters is 1. The zero-order valence-corrected chi connectivity index (χ0v) is 22.9. The summed E-state index contributed by atoms with van der Waals surface area (Å²) in [6, 6.07) is -1.18.